The Kier molecular flexibility index (Phi) is 2.84. The normalized spacial score (nSPS) is 13.8. The molecule has 1 aromatic carbocycles. The second kappa shape index (κ2) is 4.64. The molecule has 1 aromatic heterocycles. The first kappa shape index (κ1) is 11.0. The Morgan fingerprint density at radius 3 is 2.89 bits per heavy atom. The number of H-pyrrole nitrogens is 1. The Morgan fingerprint density at radius 2 is 2.06 bits per heavy atom. The molecule has 2 aromatic rings. The van der Waals surface area contributed by atoms with E-state index in [1.807, 2.05) is 30.3 Å². The molecule has 2 N–H and O–H groups in total. The van der Waals surface area contributed by atoms with E-state index in [2.05, 4.69) is 15.3 Å². The zero-order valence-electron chi connectivity index (χ0n) is 10.1. The van der Waals surface area contributed by atoms with Crippen LogP contribution in [0.3, 0.4) is 0 Å². The highest BCUT2D eigenvalue weighted by Gasteiger charge is 2.14. The Bertz CT molecular complexity index is 604. The molecule has 0 aliphatic carbocycles. The van der Waals surface area contributed by atoms with Crippen LogP contribution < -0.4 is 10.9 Å². The van der Waals surface area contributed by atoms with Gasteiger partial charge >= 0.3 is 0 Å². The van der Waals surface area contributed by atoms with Gasteiger partial charge in [0.15, 0.2) is 0 Å². The van der Waals surface area contributed by atoms with Gasteiger partial charge in [-0.05, 0) is 18.4 Å². The van der Waals surface area contributed by atoms with Gasteiger partial charge in [-0.1, -0.05) is 30.3 Å². The van der Waals surface area contributed by atoms with Crippen molar-refractivity contribution in [3.8, 4) is 0 Å². The van der Waals surface area contributed by atoms with E-state index >= 15 is 0 Å². The molecule has 2 heterocycles. The summed E-state index contributed by atoms with van der Waals surface area (Å²) in [5, 5.41) is 3.20. The predicted molar refractivity (Wildman–Crippen MR) is 70.9 cm³/mol. The maximum absolute atomic E-state index is 11.9. The number of hydrogen-bond donors (Lipinski definition) is 2. The summed E-state index contributed by atoms with van der Waals surface area (Å²) in [6.45, 7) is 0.897. The third kappa shape index (κ3) is 2.14. The lowest BCUT2D eigenvalue weighted by Crippen LogP contribution is -2.25. The van der Waals surface area contributed by atoms with Gasteiger partial charge < -0.3 is 10.3 Å². The summed E-state index contributed by atoms with van der Waals surface area (Å²) in [4.78, 5) is 19.3. The van der Waals surface area contributed by atoms with Crippen LogP contribution >= 0.6 is 0 Å². The van der Waals surface area contributed by atoms with E-state index in [0.717, 1.165) is 42.2 Å². The fourth-order valence-corrected chi connectivity index (χ4v) is 2.27. The van der Waals surface area contributed by atoms with Crippen molar-refractivity contribution >= 4 is 5.82 Å². The zero-order valence-corrected chi connectivity index (χ0v) is 10.1. The second-order valence-electron chi connectivity index (χ2n) is 4.53. The number of aromatic amines is 1. The van der Waals surface area contributed by atoms with Gasteiger partial charge in [-0.25, -0.2) is 4.98 Å². The summed E-state index contributed by atoms with van der Waals surface area (Å²) in [7, 11) is 0. The molecule has 4 heteroatoms. The van der Waals surface area contributed by atoms with Crippen LogP contribution in [0.1, 0.15) is 23.4 Å². The third-order valence-electron chi connectivity index (χ3n) is 3.17. The monoisotopic (exact) mass is 241 g/mol. The van der Waals surface area contributed by atoms with Crippen molar-refractivity contribution in [2.24, 2.45) is 0 Å². The standard InChI is InChI=1S/C14H15N3O/c18-14-11-7-4-8-15-13(11)16-12(17-14)9-10-5-2-1-3-6-10/h1-3,5-6H,4,7-9H2,(H2,15,16,17,18). The van der Waals surface area contributed by atoms with Crippen LogP contribution in [0, 0.1) is 0 Å². The molecule has 1 aliphatic heterocycles. The van der Waals surface area contributed by atoms with Gasteiger partial charge in [-0.3, -0.25) is 4.79 Å². The number of benzene rings is 1. The lowest BCUT2D eigenvalue weighted by atomic mass is 10.1. The summed E-state index contributed by atoms with van der Waals surface area (Å²) in [5.41, 5.74) is 1.94. The fraction of sp³-hybridized carbons (Fsp3) is 0.286. The first-order chi connectivity index (χ1) is 8.83. The topological polar surface area (TPSA) is 57.8 Å². The third-order valence-corrected chi connectivity index (χ3v) is 3.17. The van der Waals surface area contributed by atoms with Crippen LogP contribution in [-0.2, 0) is 12.8 Å². The van der Waals surface area contributed by atoms with Crippen molar-refractivity contribution in [1.82, 2.24) is 9.97 Å². The van der Waals surface area contributed by atoms with Gasteiger partial charge in [0.25, 0.3) is 5.56 Å². The molecule has 18 heavy (non-hydrogen) atoms. The minimum absolute atomic E-state index is 0.00173. The summed E-state index contributed by atoms with van der Waals surface area (Å²) in [5.74, 6) is 1.48. The van der Waals surface area contributed by atoms with Gasteiger partial charge in [0.05, 0.1) is 5.56 Å². The van der Waals surface area contributed by atoms with Crippen LogP contribution in [0.5, 0.6) is 0 Å². The molecular formula is C14H15N3O. The lowest BCUT2D eigenvalue weighted by Gasteiger charge is -2.16. The van der Waals surface area contributed by atoms with E-state index < -0.39 is 0 Å². The highest BCUT2D eigenvalue weighted by atomic mass is 16.1. The molecule has 0 amide bonds. The Labute approximate surface area is 105 Å². The lowest BCUT2D eigenvalue weighted by molar-refractivity contribution is 0.783. The second-order valence-corrected chi connectivity index (χ2v) is 4.53. The molecule has 0 atom stereocenters. The number of fused-ring (bicyclic) bond motifs is 1. The van der Waals surface area contributed by atoms with Crippen LogP contribution in [0.4, 0.5) is 5.82 Å². The maximum Gasteiger partial charge on any atom is 0.256 e. The quantitative estimate of drug-likeness (QED) is 0.841. The molecule has 92 valence electrons. The highest BCUT2D eigenvalue weighted by molar-refractivity contribution is 5.45. The fourth-order valence-electron chi connectivity index (χ4n) is 2.27. The number of hydrogen-bond acceptors (Lipinski definition) is 3. The van der Waals surface area contributed by atoms with Crippen molar-refractivity contribution in [2.45, 2.75) is 19.3 Å². The van der Waals surface area contributed by atoms with Crippen LogP contribution in [0.2, 0.25) is 0 Å². The molecule has 4 nitrogen and oxygen atoms in total. The molecule has 1 aliphatic rings. The van der Waals surface area contributed by atoms with Gasteiger partial charge in [0.1, 0.15) is 11.6 Å². The SMILES string of the molecule is O=c1[nH]c(Cc2ccccc2)nc2c1CCCN2. The van der Waals surface area contributed by atoms with E-state index in [-0.39, 0.29) is 5.56 Å². The van der Waals surface area contributed by atoms with Gasteiger partial charge in [-0.15, -0.1) is 0 Å². The number of rotatable bonds is 2. The molecule has 0 spiro atoms. The first-order valence-electron chi connectivity index (χ1n) is 6.23. The van der Waals surface area contributed by atoms with Gasteiger partial charge in [-0.2, -0.15) is 0 Å². The van der Waals surface area contributed by atoms with Gasteiger partial charge in [0, 0.05) is 13.0 Å². The molecule has 0 bridgehead atoms. The van der Waals surface area contributed by atoms with Crippen LogP contribution in [0.15, 0.2) is 35.1 Å². The molecule has 0 saturated carbocycles. The minimum Gasteiger partial charge on any atom is -0.370 e. The molecule has 0 radical (unpaired) electrons. The van der Waals surface area contributed by atoms with Crippen molar-refractivity contribution in [3.63, 3.8) is 0 Å². The van der Waals surface area contributed by atoms with E-state index in [4.69, 9.17) is 0 Å². The summed E-state index contributed by atoms with van der Waals surface area (Å²) < 4.78 is 0. The molecule has 0 unspecified atom stereocenters. The van der Waals surface area contributed by atoms with E-state index in [1.165, 1.54) is 0 Å². The number of aromatic nitrogens is 2. The van der Waals surface area contributed by atoms with Crippen molar-refractivity contribution in [3.05, 3.63) is 57.6 Å². The van der Waals surface area contributed by atoms with E-state index in [9.17, 15) is 4.79 Å². The van der Waals surface area contributed by atoms with Crippen molar-refractivity contribution in [2.75, 3.05) is 11.9 Å². The Balaban J connectivity index is 1.94. The smallest absolute Gasteiger partial charge is 0.256 e. The summed E-state index contributed by atoms with van der Waals surface area (Å²) >= 11 is 0. The van der Waals surface area contributed by atoms with Crippen LogP contribution in [-0.4, -0.2) is 16.5 Å². The highest BCUT2D eigenvalue weighted by Crippen LogP contribution is 2.15. The number of anilines is 1. The van der Waals surface area contributed by atoms with Crippen molar-refractivity contribution < 1.29 is 0 Å². The van der Waals surface area contributed by atoms with E-state index in [1.54, 1.807) is 0 Å². The Hall–Kier alpha value is -2.10. The van der Waals surface area contributed by atoms with E-state index in [0.29, 0.717) is 6.42 Å². The molecule has 0 fully saturated rings. The summed E-state index contributed by atoms with van der Waals surface area (Å²) in [6, 6.07) is 10.0. The van der Waals surface area contributed by atoms with Crippen molar-refractivity contribution in [1.29, 1.82) is 0 Å². The maximum atomic E-state index is 11.9. The molecular weight excluding hydrogens is 226 g/mol. The molecule has 0 saturated heterocycles. The minimum atomic E-state index is -0.00173. The average molecular weight is 241 g/mol. The zero-order chi connectivity index (χ0) is 12.4. The van der Waals surface area contributed by atoms with Crippen LogP contribution in [0.25, 0.3) is 0 Å². The number of nitrogens with one attached hydrogen (secondary N) is 2. The largest absolute Gasteiger partial charge is 0.370 e. The average Bonchev–Trinajstić information content (AvgIpc) is 2.40. The Morgan fingerprint density at radius 1 is 1.22 bits per heavy atom. The molecule has 3 rings (SSSR count). The number of nitrogens with zero attached hydrogens (tertiary/aromatic N) is 1. The predicted octanol–water partition coefficient (Wildman–Crippen LogP) is 1.72. The summed E-state index contributed by atoms with van der Waals surface area (Å²) in [6.07, 6.45) is 2.47. The first-order valence-corrected chi connectivity index (χ1v) is 6.23. The van der Waals surface area contributed by atoms with Gasteiger partial charge in [0.2, 0.25) is 0 Å².